The van der Waals surface area contributed by atoms with Crippen LogP contribution in [0.3, 0.4) is 0 Å². The van der Waals surface area contributed by atoms with Gasteiger partial charge in [0.15, 0.2) is 0 Å². The average Bonchev–Trinajstić information content (AvgIpc) is 2.37. The van der Waals surface area contributed by atoms with E-state index in [-0.39, 0.29) is 33.6 Å². The number of anilines is 1. The molecule has 8 nitrogen and oxygen atoms in total. The number of benzene rings is 2. The van der Waals surface area contributed by atoms with Crippen molar-refractivity contribution in [3.63, 3.8) is 0 Å². The highest BCUT2D eigenvalue weighted by Crippen LogP contribution is 2.37. The summed E-state index contributed by atoms with van der Waals surface area (Å²) in [6, 6.07) is 7.86. The Kier molecular flexibility index (Phi) is 3.90. The van der Waals surface area contributed by atoms with E-state index in [0.717, 1.165) is 6.07 Å². The summed E-state index contributed by atoms with van der Waals surface area (Å²) in [5.74, 6) is 0.0456. The van der Waals surface area contributed by atoms with Crippen LogP contribution in [0, 0.1) is 20.2 Å². The SMILES string of the molecule is Nc1cccc(Oc2ccc([N+](=O)[O-])c(Cl)c2)c1[N+](=O)[O-]. The standard InChI is InChI=1S/C12H8ClN3O5/c13-8-6-7(4-5-10(8)15(17)18)21-11-3-1-2-9(14)12(11)16(19)20/h1-6H,14H2. The number of para-hydroxylation sites is 1. The van der Waals surface area contributed by atoms with Gasteiger partial charge < -0.3 is 10.5 Å². The lowest BCUT2D eigenvalue weighted by Crippen LogP contribution is -1.98. The Labute approximate surface area is 123 Å². The van der Waals surface area contributed by atoms with Crippen LogP contribution in [0.1, 0.15) is 0 Å². The normalized spacial score (nSPS) is 10.1. The van der Waals surface area contributed by atoms with Crippen LogP contribution in [0.2, 0.25) is 5.02 Å². The van der Waals surface area contributed by atoms with Crippen molar-refractivity contribution in [2.75, 3.05) is 5.73 Å². The van der Waals surface area contributed by atoms with Gasteiger partial charge in [-0.05, 0) is 18.2 Å². The Morgan fingerprint density at radius 2 is 1.81 bits per heavy atom. The smallest absolute Gasteiger partial charge is 0.334 e. The zero-order chi connectivity index (χ0) is 15.6. The van der Waals surface area contributed by atoms with Gasteiger partial charge in [-0.25, -0.2) is 0 Å². The van der Waals surface area contributed by atoms with Crippen molar-refractivity contribution < 1.29 is 14.6 Å². The summed E-state index contributed by atoms with van der Waals surface area (Å²) in [4.78, 5) is 20.3. The molecule has 0 aliphatic carbocycles. The fraction of sp³-hybridized carbons (Fsp3) is 0. The Morgan fingerprint density at radius 3 is 2.38 bits per heavy atom. The number of nitro groups is 2. The number of nitro benzene ring substituents is 2. The van der Waals surface area contributed by atoms with Crippen LogP contribution in [0.5, 0.6) is 11.5 Å². The van der Waals surface area contributed by atoms with Crippen LogP contribution < -0.4 is 10.5 Å². The summed E-state index contributed by atoms with van der Waals surface area (Å²) >= 11 is 5.74. The lowest BCUT2D eigenvalue weighted by Gasteiger charge is -2.07. The Morgan fingerprint density at radius 1 is 1.10 bits per heavy atom. The minimum atomic E-state index is -0.669. The summed E-state index contributed by atoms with van der Waals surface area (Å²) in [7, 11) is 0. The van der Waals surface area contributed by atoms with E-state index >= 15 is 0 Å². The maximum atomic E-state index is 11.0. The van der Waals surface area contributed by atoms with E-state index in [0.29, 0.717) is 0 Å². The second-order valence-corrected chi connectivity index (χ2v) is 4.33. The van der Waals surface area contributed by atoms with Crippen molar-refractivity contribution in [2.24, 2.45) is 0 Å². The molecule has 21 heavy (non-hydrogen) atoms. The van der Waals surface area contributed by atoms with Crippen LogP contribution in [0.4, 0.5) is 17.1 Å². The van der Waals surface area contributed by atoms with E-state index in [1.807, 2.05) is 0 Å². The lowest BCUT2D eigenvalue weighted by molar-refractivity contribution is -0.384. The summed E-state index contributed by atoms with van der Waals surface area (Å²) in [5.41, 5.74) is 4.81. The molecule has 2 aromatic rings. The Hall–Kier alpha value is -2.87. The monoisotopic (exact) mass is 309 g/mol. The molecule has 0 heterocycles. The third-order valence-corrected chi connectivity index (χ3v) is 2.86. The van der Waals surface area contributed by atoms with Gasteiger partial charge in [0.1, 0.15) is 16.5 Å². The molecule has 2 rings (SSSR count). The highest BCUT2D eigenvalue weighted by Gasteiger charge is 2.20. The number of halogens is 1. The first-order chi connectivity index (χ1) is 9.90. The topological polar surface area (TPSA) is 122 Å². The fourth-order valence-corrected chi connectivity index (χ4v) is 1.88. The first-order valence-corrected chi connectivity index (χ1v) is 5.92. The molecule has 0 unspecified atom stereocenters. The predicted octanol–water partition coefficient (Wildman–Crippen LogP) is 3.53. The van der Waals surface area contributed by atoms with E-state index in [4.69, 9.17) is 22.1 Å². The number of nitrogens with two attached hydrogens (primary N) is 1. The minimum Gasteiger partial charge on any atom is -0.450 e. The number of hydrogen-bond donors (Lipinski definition) is 1. The van der Waals surface area contributed by atoms with Crippen molar-refractivity contribution in [1.82, 2.24) is 0 Å². The van der Waals surface area contributed by atoms with Gasteiger partial charge in [-0.3, -0.25) is 20.2 Å². The van der Waals surface area contributed by atoms with E-state index in [9.17, 15) is 20.2 Å². The molecule has 0 saturated heterocycles. The number of hydrogen-bond acceptors (Lipinski definition) is 6. The third kappa shape index (κ3) is 3.00. The molecular formula is C12H8ClN3O5. The van der Waals surface area contributed by atoms with Crippen molar-refractivity contribution in [2.45, 2.75) is 0 Å². The van der Waals surface area contributed by atoms with E-state index in [1.165, 1.54) is 30.3 Å². The second kappa shape index (κ2) is 5.63. The molecule has 0 aliphatic rings. The van der Waals surface area contributed by atoms with Crippen molar-refractivity contribution in [1.29, 1.82) is 0 Å². The molecular weight excluding hydrogens is 302 g/mol. The molecule has 0 amide bonds. The van der Waals surface area contributed by atoms with Crippen LogP contribution in [0.25, 0.3) is 0 Å². The van der Waals surface area contributed by atoms with Crippen molar-refractivity contribution in [3.8, 4) is 11.5 Å². The minimum absolute atomic E-state index is 0.0505. The molecule has 0 aliphatic heterocycles. The molecule has 0 radical (unpaired) electrons. The van der Waals surface area contributed by atoms with Crippen LogP contribution in [-0.2, 0) is 0 Å². The number of nitrogen functional groups attached to an aromatic ring is 1. The van der Waals surface area contributed by atoms with Crippen LogP contribution in [0.15, 0.2) is 36.4 Å². The van der Waals surface area contributed by atoms with Gasteiger partial charge in [-0.1, -0.05) is 17.7 Å². The Bertz CT molecular complexity index is 735. The maximum absolute atomic E-state index is 11.0. The van der Waals surface area contributed by atoms with Crippen molar-refractivity contribution in [3.05, 3.63) is 61.6 Å². The maximum Gasteiger partial charge on any atom is 0.334 e. The summed E-state index contributed by atoms with van der Waals surface area (Å²) in [5, 5.41) is 21.5. The van der Waals surface area contributed by atoms with E-state index in [2.05, 4.69) is 0 Å². The first kappa shape index (κ1) is 14.5. The molecule has 2 N–H and O–H groups in total. The number of nitrogens with zero attached hydrogens (tertiary/aromatic N) is 2. The third-order valence-electron chi connectivity index (χ3n) is 2.56. The van der Waals surface area contributed by atoms with Crippen LogP contribution in [-0.4, -0.2) is 9.85 Å². The summed E-state index contributed by atoms with van der Waals surface area (Å²) in [6.07, 6.45) is 0. The van der Waals surface area contributed by atoms with Gasteiger partial charge in [-0.2, -0.15) is 0 Å². The molecule has 0 bridgehead atoms. The average molecular weight is 310 g/mol. The van der Waals surface area contributed by atoms with Gasteiger partial charge in [0.05, 0.1) is 9.85 Å². The second-order valence-electron chi connectivity index (χ2n) is 3.92. The fourth-order valence-electron chi connectivity index (χ4n) is 1.64. The molecule has 108 valence electrons. The number of rotatable bonds is 4. The van der Waals surface area contributed by atoms with Gasteiger partial charge in [0.2, 0.25) is 5.75 Å². The van der Waals surface area contributed by atoms with Gasteiger partial charge >= 0.3 is 5.69 Å². The highest BCUT2D eigenvalue weighted by atomic mass is 35.5. The zero-order valence-electron chi connectivity index (χ0n) is 10.4. The predicted molar refractivity (Wildman–Crippen MR) is 75.7 cm³/mol. The van der Waals surface area contributed by atoms with Crippen LogP contribution >= 0.6 is 11.6 Å². The molecule has 0 spiro atoms. The van der Waals surface area contributed by atoms with E-state index in [1.54, 1.807) is 0 Å². The molecule has 0 saturated carbocycles. The molecule has 9 heteroatoms. The van der Waals surface area contributed by atoms with Gasteiger partial charge in [0, 0.05) is 12.1 Å². The molecule has 0 atom stereocenters. The molecule has 0 fully saturated rings. The lowest BCUT2D eigenvalue weighted by atomic mass is 10.2. The molecule has 0 aromatic heterocycles. The van der Waals surface area contributed by atoms with Gasteiger partial charge in [-0.15, -0.1) is 0 Å². The first-order valence-electron chi connectivity index (χ1n) is 5.55. The largest absolute Gasteiger partial charge is 0.450 e. The quantitative estimate of drug-likeness (QED) is 0.523. The van der Waals surface area contributed by atoms with E-state index < -0.39 is 9.85 Å². The summed E-state index contributed by atoms with van der Waals surface area (Å²) in [6.45, 7) is 0. The number of ether oxygens (including phenoxy) is 1. The zero-order valence-corrected chi connectivity index (χ0v) is 11.1. The molecule has 2 aromatic carbocycles. The van der Waals surface area contributed by atoms with Crippen molar-refractivity contribution >= 4 is 28.7 Å². The Balaban J connectivity index is 2.39. The van der Waals surface area contributed by atoms with Gasteiger partial charge in [0.25, 0.3) is 5.69 Å². The summed E-state index contributed by atoms with van der Waals surface area (Å²) < 4.78 is 5.34. The highest BCUT2D eigenvalue weighted by molar-refractivity contribution is 6.32.